The molecule has 0 bridgehead atoms. The number of carboxylic acids is 1. The molecule has 5 unspecified atom stereocenters. The molecule has 0 aromatic heterocycles. The number of nitrogens with zero attached hydrogens (tertiary/aromatic N) is 3. The Hall–Kier alpha value is -1.20. The zero-order chi connectivity index (χ0) is 27.0. The Morgan fingerprint density at radius 2 is 2.05 bits per heavy atom. The van der Waals surface area contributed by atoms with Crippen molar-refractivity contribution in [2.45, 2.75) is 82.5 Å². The van der Waals surface area contributed by atoms with Crippen LogP contribution in [-0.2, 0) is 11.2 Å². The number of aliphatic imine (C=N–C) groups is 2. The molecule has 1 aromatic carbocycles. The molecule has 1 fully saturated rings. The van der Waals surface area contributed by atoms with Gasteiger partial charge in [-0.05, 0) is 32.4 Å². The van der Waals surface area contributed by atoms with E-state index in [4.69, 9.17) is 4.99 Å². The molecular formula is C27H37N3O4S3-2. The van der Waals surface area contributed by atoms with Crippen LogP contribution in [0.4, 0.5) is 0 Å². The minimum atomic E-state index is -1.25. The van der Waals surface area contributed by atoms with Crippen molar-refractivity contribution in [3.8, 4) is 5.75 Å². The monoisotopic (exact) mass is 563 g/mol. The van der Waals surface area contributed by atoms with E-state index in [1.54, 1.807) is 36.5 Å². The lowest BCUT2D eigenvalue weighted by Gasteiger charge is -2.38. The van der Waals surface area contributed by atoms with Crippen LogP contribution in [0.15, 0.2) is 28.2 Å². The highest BCUT2D eigenvalue weighted by molar-refractivity contribution is 8.15. The third-order valence-electron chi connectivity index (χ3n) is 7.67. The first-order valence-electron chi connectivity index (χ1n) is 13.0. The summed E-state index contributed by atoms with van der Waals surface area (Å²) in [5.74, 6) is 0.723. The van der Waals surface area contributed by atoms with Gasteiger partial charge in [-0.1, -0.05) is 57.6 Å². The van der Waals surface area contributed by atoms with Crippen LogP contribution in [0.2, 0.25) is 0 Å². The summed E-state index contributed by atoms with van der Waals surface area (Å²) in [6, 6.07) is 5.45. The Balaban J connectivity index is 1.48. The number of aliphatic carboxylic acids is 1. The molecule has 3 heterocycles. The number of carboxylic acid groups (broad SMARTS) is 1. The second kappa shape index (κ2) is 11.5. The number of rotatable bonds is 10. The van der Waals surface area contributed by atoms with Crippen molar-refractivity contribution in [3.63, 3.8) is 0 Å². The van der Waals surface area contributed by atoms with E-state index in [9.17, 15) is 20.1 Å². The summed E-state index contributed by atoms with van der Waals surface area (Å²) < 4.78 is 0. The number of carbonyl (C=O) groups excluding carboxylic acids is 1. The van der Waals surface area contributed by atoms with Crippen LogP contribution in [0.3, 0.4) is 0 Å². The van der Waals surface area contributed by atoms with E-state index in [2.05, 4.69) is 22.9 Å². The SMILES string of the molecule is CCCCCc1cccc([O-])c1C1=NC(C2SCC(C(O)C(C)(C)C3=NC(C)(C(=O)[O-])CS3)N2C)CS1. The predicted octanol–water partition coefficient (Wildman–Crippen LogP) is 2.77. The van der Waals surface area contributed by atoms with Gasteiger partial charge in [0.1, 0.15) is 5.54 Å². The maximum atomic E-state index is 12.8. The summed E-state index contributed by atoms with van der Waals surface area (Å²) >= 11 is 4.84. The van der Waals surface area contributed by atoms with Crippen molar-refractivity contribution in [2.75, 3.05) is 24.3 Å². The van der Waals surface area contributed by atoms with Gasteiger partial charge in [-0.25, -0.2) is 0 Å². The first-order valence-corrected chi connectivity index (χ1v) is 16.0. The van der Waals surface area contributed by atoms with E-state index in [-0.39, 0.29) is 23.2 Å². The normalized spacial score (nSPS) is 29.4. The standard InChI is InChI=1S/C27H39N3O4S3/c1-6-7-8-10-16-11-9-12-19(31)20(16)22-28-17(13-35-22)23-30(5)18(14-36-23)21(32)26(2,3)24-29-27(4,15-37-24)25(33)34/h9,11-12,17-18,21,23,31-32H,6-8,10,13-15H2,1-5H3,(H,33,34)/p-2. The molecule has 204 valence electrons. The first-order chi connectivity index (χ1) is 17.5. The molecule has 4 rings (SSSR count). The lowest BCUT2D eigenvalue weighted by Crippen LogP contribution is -2.52. The number of likely N-dealkylation sites (N-methyl/N-ethyl adjacent to an activating group) is 1. The topological polar surface area (TPSA) is 111 Å². The maximum absolute atomic E-state index is 12.8. The number of aryl methyl sites for hydroxylation is 1. The second-order valence-corrected chi connectivity index (χ2v) is 14.1. The van der Waals surface area contributed by atoms with Crippen molar-refractivity contribution in [1.29, 1.82) is 0 Å². The number of thioether (sulfide) groups is 3. The number of carbonyl (C=O) groups is 1. The molecule has 0 radical (unpaired) electrons. The summed E-state index contributed by atoms with van der Waals surface area (Å²) in [6.07, 6.45) is 3.52. The highest BCUT2D eigenvalue weighted by Gasteiger charge is 2.49. The third-order valence-corrected chi connectivity index (χ3v) is 11.9. The van der Waals surface area contributed by atoms with Crippen LogP contribution >= 0.6 is 35.3 Å². The summed E-state index contributed by atoms with van der Waals surface area (Å²) in [7, 11) is 2.03. The first kappa shape index (κ1) is 28.8. The second-order valence-electron chi connectivity index (χ2n) is 11.0. The van der Waals surface area contributed by atoms with Gasteiger partial charge in [0.15, 0.2) is 0 Å². The van der Waals surface area contributed by atoms with Crippen LogP contribution in [0.25, 0.3) is 0 Å². The molecule has 1 saturated heterocycles. The van der Waals surface area contributed by atoms with Crippen LogP contribution < -0.4 is 10.2 Å². The highest BCUT2D eigenvalue weighted by atomic mass is 32.2. The fourth-order valence-electron chi connectivity index (χ4n) is 5.12. The summed E-state index contributed by atoms with van der Waals surface area (Å²) in [5.41, 5.74) is -0.0922. The van der Waals surface area contributed by atoms with Crippen molar-refractivity contribution in [3.05, 3.63) is 29.3 Å². The zero-order valence-electron chi connectivity index (χ0n) is 22.2. The van der Waals surface area contributed by atoms with Gasteiger partial charge in [0.2, 0.25) is 0 Å². The van der Waals surface area contributed by atoms with Gasteiger partial charge in [0.05, 0.1) is 33.6 Å². The molecule has 1 aromatic rings. The van der Waals surface area contributed by atoms with E-state index < -0.39 is 23.0 Å². The summed E-state index contributed by atoms with van der Waals surface area (Å²) in [5, 5.41) is 37.5. The van der Waals surface area contributed by atoms with E-state index in [1.807, 2.05) is 27.0 Å². The van der Waals surface area contributed by atoms with Crippen LogP contribution in [0.1, 0.15) is 58.1 Å². The molecule has 3 aliphatic heterocycles. The molecule has 7 nitrogen and oxygen atoms in total. The van der Waals surface area contributed by atoms with E-state index in [0.29, 0.717) is 10.8 Å². The number of hydrogen-bond acceptors (Lipinski definition) is 10. The molecule has 3 aliphatic rings. The van der Waals surface area contributed by atoms with E-state index in [1.165, 1.54) is 11.8 Å². The molecule has 5 atom stereocenters. The van der Waals surface area contributed by atoms with Crippen molar-refractivity contribution >= 4 is 51.3 Å². The van der Waals surface area contributed by atoms with Gasteiger partial charge < -0.3 is 20.1 Å². The van der Waals surface area contributed by atoms with Gasteiger partial charge in [-0.15, -0.1) is 35.3 Å². The molecule has 10 heteroatoms. The van der Waals surface area contributed by atoms with Crippen molar-refractivity contribution in [2.24, 2.45) is 15.4 Å². The third kappa shape index (κ3) is 5.73. The highest BCUT2D eigenvalue weighted by Crippen LogP contribution is 2.44. The fourth-order valence-corrected chi connectivity index (χ4v) is 9.36. The molecule has 0 amide bonds. The molecule has 0 spiro atoms. The van der Waals surface area contributed by atoms with Crippen LogP contribution in [-0.4, -0.2) is 79.5 Å². The fraction of sp³-hybridized carbons (Fsp3) is 0.667. The largest absolute Gasteiger partial charge is 0.872 e. The van der Waals surface area contributed by atoms with Gasteiger partial charge in [-0.3, -0.25) is 14.9 Å². The van der Waals surface area contributed by atoms with Crippen LogP contribution in [0.5, 0.6) is 5.75 Å². The van der Waals surface area contributed by atoms with Crippen LogP contribution in [0, 0.1) is 5.41 Å². The average molecular weight is 564 g/mol. The molecule has 1 N–H and O–H groups in total. The quantitative estimate of drug-likeness (QED) is 0.433. The molecule has 0 saturated carbocycles. The Labute approximate surface area is 233 Å². The number of aliphatic hydroxyl groups is 1. The molecule has 0 aliphatic carbocycles. The predicted molar refractivity (Wildman–Crippen MR) is 153 cm³/mol. The summed E-state index contributed by atoms with van der Waals surface area (Å²) in [4.78, 5) is 23.3. The number of aliphatic hydroxyl groups excluding tert-OH is 1. The Kier molecular flexibility index (Phi) is 8.95. The lowest BCUT2D eigenvalue weighted by atomic mass is 9.83. The maximum Gasteiger partial charge on any atom is 0.107 e. The minimum absolute atomic E-state index is 0.0259. The van der Waals surface area contributed by atoms with Gasteiger partial charge in [0.25, 0.3) is 0 Å². The zero-order valence-corrected chi connectivity index (χ0v) is 24.7. The molecule has 37 heavy (non-hydrogen) atoms. The van der Waals surface area contributed by atoms with Gasteiger partial charge in [0, 0.05) is 34.3 Å². The van der Waals surface area contributed by atoms with E-state index >= 15 is 0 Å². The number of unbranched alkanes of at least 4 members (excludes halogenated alkanes) is 2. The van der Waals surface area contributed by atoms with Gasteiger partial charge >= 0.3 is 0 Å². The molecular weight excluding hydrogens is 527 g/mol. The van der Waals surface area contributed by atoms with Gasteiger partial charge in [-0.2, -0.15) is 0 Å². The van der Waals surface area contributed by atoms with E-state index in [0.717, 1.165) is 53.4 Å². The smallest absolute Gasteiger partial charge is 0.107 e. The Morgan fingerprint density at radius 1 is 1.30 bits per heavy atom. The Bertz CT molecular complexity index is 1080. The lowest BCUT2D eigenvalue weighted by molar-refractivity contribution is -0.311. The number of hydrogen-bond donors (Lipinski definition) is 1. The Morgan fingerprint density at radius 3 is 2.73 bits per heavy atom. The minimum Gasteiger partial charge on any atom is -0.872 e. The van der Waals surface area contributed by atoms with Crippen molar-refractivity contribution in [1.82, 2.24) is 4.90 Å². The summed E-state index contributed by atoms with van der Waals surface area (Å²) in [6.45, 7) is 7.62. The number of benzene rings is 1. The average Bonchev–Trinajstić information content (AvgIpc) is 3.58. The van der Waals surface area contributed by atoms with Crippen molar-refractivity contribution < 1.29 is 20.1 Å².